The van der Waals surface area contributed by atoms with E-state index in [1.807, 2.05) is 36.1 Å². The van der Waals surface area contributed by atoms with Crippen LogP contribution in [0.15, 0.2) is 53.7 Å². The largest absolute Gasteiger partial charge is 0.357 e. The van der Waals surface area contributed by atoms with Crippen molar-refractivity contribution in [2.45, 2.75) is 19.8 Å². The molecule has 3 rings (SSSR count). The minimum atomic E-state index is -0.194. The minimum absolute atomic E-state index is 0. The number of nitrogens with one attached hydrogen (secondary N) is 2. The molecule has 7 nitrogen and oxygen atoms in total. The lowest BCUT2D eigenvalue weighted by Gasteiger charge is -2.35. The van der Waals surface area contributed by atoms with E-state index < -0.39 is 0 Å². The minimum Gasteiger partial charge on any atom is -0.357 e. The van der Waals surface area contributed by atoms with Gasteiger partial charge in [-0.15, -0.1) is 24.0 Å². The Kier molecular flexibility index (Phi) is 11.2. The summed E-state index contributed by atoms with van der Waals surface area (Å²) in [4.78, 5) is 25.5. The van der Waals surface area contributed by atoms with Gasteiger partial charge in [0.25, 0.3) is 0 Å². The van der Waals surface area contributed by atoms with E-state index >= 15 is 0 Å². The number of amides is 1. The number of carbonyl (C=O) groups excluding carboxylic acids is 1. The van der Waals surface area contributed by atoms with Crippen molar-refractivity contribution in [3.63, 3.8) is 0 Å². The number of pyridine rings is 1. The van der Waals surface area contributed by atoms with Crippen LogP contribution >= 0.6 is 24.0 Å². The van der Waals surface area contributed by atoms with Crippen LogP contribution in [-0.2, 0) is 11.2 Å². The Balaban J connectivity index is 0.00000363. The van der Waals surface area contributed by atoms with Crippen molar-refractivity contribution in [2.24, 2.45) is 4.99 Å². The molecule has 2 N–H and O–H groups in total. The predicted octanol–water partition coefficient (Wildman–Crippen LogP) is 2.68. The summed E-state index contributed by atoms with van der Waals surface area (Å²) < 4.78 is 13.7. The van der Waals surface area contributed by atoms with Gasteiger partial charge in [-0.25, -0.2) is 9.37 Å². The number of nitrogens with zero attached hydrogens (tertiary/aromatic N) is 4. The Morgan fingerprint density at radius 3 is 2.53 bits per heavy atom. The molecule has 2 aromatic rings. The summed E-state index contributed by atoms with van der Waals surface area (Å²) in [5.41, 5.74) is 0.672. The molecule has 0 aliphatic carbocycles. The molecule has 0 atom stereocenters. The molecule has 1 amide bonds. The maximum absolute atomic E-state index is 13.7. The molecular weight excluding hydrogens is 522 g/mol. The van der Waals surface area contributed by atoms with Gasteiger partial charge in [-0.3, -0.25) is 9.79 Å². The van der Waals surface area contributed by atoms with E-state index in [2.05, 4.69) is 25.5 Å². The van der Waals surface area contributed by atoms with Crippen LogP contribution in [0.3, 0.4) is 0 Å². The van der Waals surface area contributed by atoms with Crippen molar-refractivity contribution in [1.29, 1.82) is 0 Å². The number of aliphatic imine (C=N–C) groups is 1. The Hall–Kier alpha value is -2.43. The zero-order valence-electron chi connectivity index (χ0n) is 18.5. The lowest BCUT2D eigenvalue weighted by atomic mass is 10.1. The lowest BCUT2D eigenvalue weighted by molar-refractivity contribution is -0.131. The second-order valence-corrected chi connectivity index (χ2v) is 7.33. The SMILES string of the molecule is CCNC(=NCCC(=O)N1CCN(c2ccccn2)CC1)NCCc1ccccc1F.I. The smallest absolute Gasteiger partial charge is 0.224 e. The second-order valence-electron chi connectivity index (χ2n) is 7.33. The highest BCUT2D eigenvalue weighted by Gasteiger charge is 2.21. The van der Waals surface area contributed by atoms with Gasteiger partial charge in [0, 0.05) is 51.9 Å². The first kappa shape index (κ1) is 25.8. The van der Waals surface area contributed by atoms with Gasteiger partial charge in [0.1, 0.15) is 11.6 Å². The fraction of sp³-hybridized carbons (Fsp3) is 0.435. The number of hydrogen-bond acceptors (Lipinski definition) is 4. The van der Waals surface area contributed by atoms with Crippen molar-refractivity contribution in [1.82, 2.24) is 20.5 Å². The fourth-order valence-corrected chi connectivity index (χ4v) is 3.51. The van der Waals surface area contributed by atoms with Gasteiger partial charge in [-0.1, -0.05) is 24.3 Å². The summed E-state index contributed by atoms with van der Waals surface area (Å²) in [6, 6.07) is 12.6. The van der Waals surface area contributed by atoms with Crippen molar-refractivity contribution >= 4 is 41.7 Å². The molecular formula is C23H32FIN6O. The summed E-state index contributed by atoms with van der Waals surface area (Å²) >= 11 is 0. The third-order valence-electron chi connectivity index (χ3n) is 5.19. The molecule has 0 saturated carbocycles. The zero-order valence-corrected chi connectivity index (χ0v) is 20.8. The number of halogens is 2. The van der Waals surface area contributed by atoms with Crippen LogP contribution in [0.25, 0.3) is 0 Å². The third kappa shape index (κ3) is 7.92. The standard InChI is InChI=1S/C23H31FN6O.HI/c1-2-25-23(27-13-10-19-7-3-4-8-20(19)24)28-14-11-22(31)30-17-15-29(16-18-30)21-9-5-6-12-26-21;/h3-9,12H,2,10-11,13-18H2,1H3,(H2,25,27,28);1H. The quantitative estimate of drug-likeness (QED) is 0.299. The van der Waals surface area contributed by atoms with Gasteiger partial charge in [-0.2, -0.15) is 0 Å². The van der Waals surface area contributed by atoms with E-state index in [-0.39, 0.29) is 35.7 Å². The molecule has 174 valence electrons. The number of anilines is 1. The van der Waals surface area contributed by atoms with Gasteiger partial charge < -0.3 is 20.4 Å². The number of carbonyl (C=O) groups is 1. The van der Waals surface area contributed by atoms with E-state index in [1.165, 1.54) is 6.07 Å². The molecule has 1 aromatic carbocycles. The van der Waals surface area contributed by atoms with Gasteiger partial charge in [0.05, 0.1) is 6.54 Å². The Labute approximate surface area is 206 Å². The van der Waals surface area contributed by atoms with E-state index in [0.717, 1.165) is 25.5 Å². The Bertz CT molecular complexity index is 859. The highest BCUT2D eigenvalue weighted by molar-refractivity contribution is 14.0. The summed E-state index contributed by atoms with van der Waals surface area (Å²) in [6.07, 6.45) is 2.72. The van der Waals surface area contributed by atoms with Crippen LogP contribution in [0.5, 0.6) is 0 Å². The van der Waals surface area contributed by atoms with Crippen molar-refractivity contribution < 1.29 is 9.18 Å². The third-order valence-corrected chi connectivity index (χ3v) is 5.19. The number of guanidine groups is 1. The Morgan fingerprint density at radius 2 is 1.84 bits per heavy atom. The maximum Gasteiger partial charge on any atom is 0.224 e. The second kappa shape index (κ2) is 13.9. The van der Waals surface area contributed by atoms with Gasteiger partial charge in [0.15, 0.2) is 5.96 Å². The van der Waals surface area contributed by atoms with Crippen LogP contribution in [0, 0.1) is 5.82 Å². The number of piperazine rings is 1. The highest BCUT2D eigenvalue weighted by atomic mass is 127. The van der Waals surface area contributed by atoms with Gasteiger partial charge in [0.2, 0.25) is 5.91 Å². The average Bonchev–Trinajstić information content (AvgIpc) is 2.81. The van der Waals surface area contributed by atoms with Gasteiger partial charge in [-0.05, 0) is 37.1 Å². The Morgan fingerprint density at radius 1 is 1.09 bits per heavy atom. The topological polar surface area (TPSA) is 72.9 Å². The fourth-order valence-electron chi connectivity index (χ4n) is 3.51. The molecule has 1 fully saturated rings. The van der Waals surface area contributed by atoms with E-state index in [1.54, 1.807) is 18.3 Å². The number of aromatic nitrogens is 1. The van der Waals surface area contributed by atoms with E-state index in [0.29, 0.717) is 50.5 Å². The zero-order chi connectivity index (χ0) is 21.9. The maximum atomic E-state index is 13.7. The van der Waals surface area contributed by atoms with E-state index in [4.69, 9.17) is 0 Å². The first-order chi connectivity index (χ1) is 15.2. The first-order valence-corrected chi connectivity index (χ1v) is 10.9. The molecule has 2 heterocycles. The normalized spacial score (nSPS) is 14.0. The molecule has 1 aliphatic rings. The number of rotatable bonds is 8. The van der Waals surface area contributed by atoms with Crippen LogP contribution < -0.4 is 15.5 Å². The molecule has 0 unspecified atom stereocenters. The summed E-state index contributed by atoms with van der Waals surface area (Å²) in [7, 11) is 0. The first-order valence-electron chi connectivity index (χ1n) is 10.9. The predicted molar refractivity (Wildman–Crippen MR) is 137 cm³/mol. The summed E-state index contributed by atoms with van der Waals surface area (Å²) in [6.45, 7) is 6.64. The summed E-state index contributed by atoms with van der Waals surface area (Å²) in [5, 5.41) is 6.37. The van der Waals surface area contributed by atoms with Crippen molar-refractivity contribution in [3.8, 4) is 0 Å². The summed E-state index contributed by atoms with van der Waals surface area (Å²) in [5.74, 6) is 1.52. The molecule has 32 heavy (non-hydrogen) atoms. The van der Waals surface area contributed by atoms with Crippen molar-refractivity contribution in [3.05, 3.63) is 60.0 Å². The molecule has 0 spiro atoms. The van der Waals surface area contributed by atoms with Crippen LogP contribution in [-0.4, -0.2) is 67.6 Å². The monoisotopic (exact) mass is 554 g/mol. The molecule has 1 saturated heterocycles. The number of hydrogen-bond donors (Lipinski definition) is 2. The number of benzene rings is 1. The van der Waals surface area contributed by atoms with Gasteiger partial charge >= 0.3 is 0 Å². The molecule has 1 aromatic heterocycles. The molecule has 9 heteroatoms. The van der Waals surface area contributed by atoms with Crippen LogP contribution in [0.2, 0.25) is 0 Å². The molecule has 0 radical (unpaired) electrons. The van der Waals surface area contributed by atoms with E-state index in [9.17, 15) is 9.18 Å². The molecule has 1 aliphatic heterocycles. The van der Waals surface area contributed by atoms with Crippen molar-refractivity contribution in [2.75, 3.05) is 50.7 Å². The van der Waals surface area contributed by atoms with Crippen LogP contribution in [0.1, 0.15) is 18.9 Å². The molecule has 0 bridgehead atoms. The average molecular weight is 554 g/mol. The van der Waals surface area contributed by atoms with Crippen LogP contribution in [0.4, 0.5) is 10.2 Å². The lowest BCUT2D eigenvalue weighted by Crippen LogP contribution is -2.49. The highest BCUT2D eigenvalue weighted by Crippen LogP contribution is 2.13.